The largest absolute Gasteiger partial charge is 0.507 e. The highest BCUT2D eigenvalue weighted by molar-refractivity contribution is 7.98. The third-order valence-corrected chi connectivity index (χ3v) is 3.41. The van der Waals surface area contributed by atoms with Crippen LogP contribution in [0.3, 0.4) is 0 Å². The molecule has 0 saturated carbocycles. The Bertz CT molecular complexity index is 359. The van der Waals surface area contributed by atoms with E-state index in [-0.39, 0.29) is 6.61 Å². The van der Waals surface area contributed by atoms with Crippen LogP contribution in [0.5, 0.6) is 5.75 Å². The number of hydrogen-bond acceptors (Lipinski definition) is 3. The minimum atomic E-state index is -0.408. The van der Waals surface area contributed by atoms with Gasteiger partial charge in [0.15, 0.2) is 0 Å². The SMILES string of the molecule is CSc1ccc(C)c(O)c1C(C)(C)CO. The van der Waals surface area contributed by atoms with E-state index >= 15 is 0 Å². The second-order valence-electron chi connectivity index (χ2n) is 4.35. The van der Waals surface area contributed by atoms with Gasteiger partial charge < -0.3 is 10.2 Å². The lowest BCUT2D eigenvalue weighted by atomic mass is 9.84. The standard InChI is InChI=1S/C12H18O2S/c1-8-5-6-9(15-4)10(11(8)14)12(2,3)7-13/h5-6,13-14H,7H2,1-4H3. The molecule has 1 aromatic rings. The summed E-state index contributed by atoms with van der Waals surface area (Å²) < 4.78 is 0. The Morgan fingerprint density at radius 2 is 1.93 bits per heavy atom. The minimum absolute atomic E-state index is 0.0254. The van der Waals surface area contributed by atoms with Crippen molar-refractivity contribution in [3.63, 3.8) is 0 Å². The first-order chi connectivity index (χ1) is 6.94. The molecule has 0 atom stereocenters. The van der Waals surface area contributed by atoms with E-state index < -0.39 is 5.41 Å². The molecule has 1 rings (SSSR count). The van der Waals surface area contributed by atoms with Crippen LogP contribution >= 0.6 is 11.8 Å². The minimum Gasteiger partial charge on any atom is -0.507 e. The van der Waals surface area contributed by atoms with Gasteiger partial charge in [-0.1, -0.05) is 19.9 Å². The zero-order valence-electron chi connectivity index (χ0n) is 9.66. The van der Waals surface area contributed by atoms with E-state index in [0.29, 0.717) is 5.75 Å². The highest BCUT2D eigenvalue weighted by Gasteiger charge is 2.26. The summed E-state index contributed by atoms with van der Waals surface area (Å²) in [5.74, 6) is 0.306. The molecular weight excluding hydrogens is 208 g/mol. The summed E-state index contributed by atoms with van der Waals surface area (Å²) in [7, 11) is 0. The van der Waals surface area contributed by atoms with E-state index in [4.69, 9.17) is 0 Å². The third kappa shape index (κ3) is 2.29. The van der Waals surface area contributed by atoms with Crippen LogP contribution in [0.4, 0.5) is 0 Å². The van der Waals surface area contributed by atoms with Gasteiger partial charge in [-0.15, -0.1) is 11.8 Å². The molecule has 3 heteroatoms. The highest BCUT2D eigenvalue weighted by Crippen LogP contribution is 2.39. The van der Waals surface area contributed by atoms with E-state index in [0.717, 1.165) is 16.0 Å². The van der Waals surface area contributed by atoms with Crippen molar-refractivity contribution >= 4 is 11.8 Å². The van der Waals surface area contributed by atoms with E-state index in [1.165, 1.54) is 0 Å². The van der Waals surface area contributed by atoms with Crippen molar-refractivity contribution in [2.75, 3.05) is 12.9 Å². The number of hydrogen-bond donors (Lipinski definition) is 2. The number of rotatable bonds is 3. The lowest BCUT2D eigenvalue weighted by molar-refractivity contribution is 0.213. The van der Waals surface area contributed by atoms with Gasteiger partial charge in [0.2, 0.25) is 0 Å². The molecule has 0 aliphatic rings. The summed E-state index contributed by atoms with van der Waals surface area (Å²) in [4.78, 5) is 1.03. The van der Waals surface area contributed by atoms with Crippen LogP contribution in [0, 0.1) is 6.92 Å². The topological polar surface area (TPSA) is 40.5 Å². The molecule has 0 bridgehead atoms. The van der Waals surface area contributed by atoms with Crippen molar-refractivity contribution in [3.05, 3.63) is 23.3 Å². The van der Waals surface area contributed by atoms with Crippen molar-refractivity contribution in [2.24, 2.45) is 0 Å². The lowest BCUT2D eigenvalue weighted by Gasteiger charge is -2.26. The molecule has 0 radical (unpaired) electrons. The number of phenolic OH excluding ortho intramolecular Hbond substituents is 1. The first-order valence-corrected chi connectivity index (χ1v) is 6.14. The normalized spacial score (nSPS) is 11.8. The van der Waals surface area contributed by atoms with E-state index in [2.05, 4.69) is 0 Å². The monoisotopic (exact) mass is 226 g/mol. The smallest absolute Gasteiger partial charge is 0.123 e. The summed E-state index contributed by atoms with van der Waals surface area (Å²) in [6.07, 6.45) is 1.97. The molecule has 0 fully saturated rings. The highest BCUT2D eigenvalue weighted by atomic mass is 32.2. The zero-order valence-corrected chi connectivity index (χ0v) is 10.5. The van der Waals surface area contributed by atoms with E-state index in [9.17, 15) is 10.2 Å². The molecule has 2 nitrogen and oxygen atoms in total. The fourth-order valence-electron chi connectivity index (χ4n) is 1.58. The Morgan fingerprint density at radius 3 is 2.40 bits per heavy atom. The maximum absolute atomic E-state index is 10.1. The van der Waals surface area contributed by atoms with Crippen LogP contribution in [-0.4, -0.2) is 23.1 Å². The van der Waals surface area contributed by atoms with Crippen LogP contribution in [0.15, 0.2) is 17.0 Å². The molecule has 0 aliphatic heterocycles. The lowest BCUT2D eigenvalue weighted by Crippen LogP contribution is -2.23. The van der Waals surface area contributed by atoms with Gasteiger partial charge in [-0.3, -0.25) is 0 Å². The summed E-state index contributed by atoms with van der Waals surface area (Å²) in [5.41, 5.74) is 1.29. The molecule has 0 aliphatic carbocycles. The quantitative estimate of drug-likeness (QED) is 0.779. The molecule has 2 N–H and O–H groups in total. The van der Waals surface area contributed by atoms with Gasteiger partial charge in [-0.2, -0.15) is 0 Å². The summed E-state index contributed by atoms with van der Waals surface area (Å²) >= 11 is 1.59. The van der Waals surface area contributed by atoms with Crippen molar-refractivity contribution < 1.29 is 10.2 Å². The summed E-state index contributed by atoms with van der Waals surface area (Å²) in [5, 5.41) is 19.4. The van der Waals surface area contributed by atoms with E-state index in [1.54, 1.807) is 11.8 Å². The Morgan fingerprint density at radius 1 is 1.33 bits per heavy atom. The molecule has 0 heterocycles. The number of aryl methyl sites for hydroxylation is 1. The van der Waals surface area contributed by atoms with Crippen LogP contribution < -0.4 is 0 Å². The van der Waals surface area contributed by atoms with E-state index in [1.807, 2.05) is 39.2 Å². The Hall–Kier alpha value is -0.670. The van der Waals surface area contributed by atoms with Crippen molar-refractivity contribution in [1.82, 2.24) is 0 Å². The molecule has 15 heavy (non-hydrogen) atoms. The maximum atomic E-state index is 10.1. The van der Waals surface area contributed by atoms with Gasteiger partial charge in [0.05, 0.1) is 6.61 Å². The summed E-state index contributed by atoms with van der Waals surface area (Å²) in [6.45, 7) is 5.76. The molecule has 0 spiro atoms. The Kier molecular flexibility index (Phi) is 3.68. The number of aromatic hydroxyl groups is 1. The number of aliphatic hydroxyl groups is 1. The van der Waals surface area contributed by atoms with Crippen molar-refractivity contribution in [3.8, 4) is 5.75 Å². The van der Waals surface area contributed by atoms with Crippen molar-refractivity contribution in [2.45, 2.75) is 31.1 Å². The maximum Gasteiger partial charge on any atom is 0.123 e. The molecule has 0 unspecified atom stereocenters. The predicted octanol–water partition coefficient (Wildman–Crippen LogP) is 2.69. The average molecular weight is 226 g/mol. The molecular formula is C12H18O2S. The van der Waals surface area contributed by atoms with Crippen molar-refractivity contribution in [1.29, 1.82) is 0 Å². The number of benzene rings is 1. The van der Waals surface area contributed by atoms with Crippen LogP contribution in [-0.2, 0) is 5.41 Å². The van der Waals surface area contributed by atoms with Gasteiger partial charge in [-0.05, 0) is 24.8 Å². The zero-order chi connectivity index (χ0) is 11.6. The molecule has 0 saturated heterocycles. The van der Waals surface area contributed by atoms with Gasteiger partial charge in [-0.25, -0.2) is 0 Å². The van der Waals surface area contributed by atoms with Crippen LogP contribution in [0.25, 0.3) is 0 Å². The number of phenols is 1. The molecule has 0 amide bonds. The third-order valence-electron chi connectivity index (χ3n) is 2.63. The van der Waals surface area contributed by atoms with Gasteiger partial charge in [0.1, 0.15) is 5.75 Å². The Balaban J connectivity index is 3.42. The molecule has 1 aromatic carbocycles. The van der Waals surface area contributed by atoms with Gasteiger partial charge in [0.25, 0.3) is 0 Å². The van der Waals surface area contributed by atoms with Gasteiger partial charge in [0, 0.05) is 15.9 Å². The molecule has 84 valence electrons. The fraction of sp³-hybridized carbons (Fsp3) is 0.500. The van der Waals surface area contributed by atoms with Gasteiger partial charge >= 0.3 is 0 Å². The average Bonchev–Trinajstić information content (AvgIpc) is 2.21. The summed E-state index contributed by atoms with van der Waals surface area (Å²) in [6, 6.07) is 3.89. The first-order valence-electron chi connectivity index (χ1n) is 4.92. The molecule has 0 aromatic heterocycles. The predicted molar refractivity (Wildman–Crippen MR) is 64.7 cm³/mol. The van der Waals surface area contributed by atoms with Crippen LogP contribution in [0.1, 0.15) is 25.0 Å². The Labute approximate surface area is 95.3 Å². The first kappa shape index (κ1) is 12.4. The number of thioether (sulfide) groups is 1. The fourth-order valence-corrected chi connectivity index (χ4v) is 2.36. The second kappa shape index (κ2) is 4.45. The number of aliphatic hydroxyl groups excluding tert-OH is 1. The van der Waals surface area contributed by atoms with Crippen LogP contribution in [0.2, 0.25) is 0 Å². The second-order valence-corrected chi connectivity index (χ2v) is 5.20.